The smallest absolute Gasteiger partial charge is 0.396 e. The summed E-state index contributed by atoms with van der Waals surface area (Å²) in [5, 5.41) is 8.81. The Hall–Kier alpha value is -1.89. The van der Waals surface area contributed by atoms with Crippen molar-refractivity contribution in [1.29, 1.82) is 5.39 Å². The van der Waals surface area contributed by atoms with Gasteiger partial charge in [-0.25, -0.2) is 0 Å². The maximum atomic E-state index is 11.4. The molecule has 0 saturated carbocycles. The highest BCUT2D eigenvalue weighted by atomic mass is 16.5. The molecule has 4 nitrogen and oxygen atoms in total. The molecule has 0 saturated heterocycles. The number of ether oxygens (including phenoxy) is 1. The topological polar surface area (TPSA) is 54.4 Å². The number of benzene rings is 1. The van der Waals surface area contributed by atoms with Gasteiger partial charge in [0.25, 0.3) is 0 Å². The molecular formula is C16H23N2O2+. The number of ketones is 1. The molecule has 0 unspecified atom stereocenters. The van der Waals surface area contributed by atoms with Gasteiger partial charge in [0, 0.05) is 6.07 Å². The molecule has 0 amide bonds. The molecule has 4 heteroatoms. The molecule has 108 valence electrons. The highest BCUT2D eigenvalue weighted by Crippen LogP contribution is 2.25. The van der Waals surface area contributed by atoms with Crippen molar-refractivity contribution in [3.8, 4) is 5.75 Å². The van der Waals surface area contributed by atoms with Crippen LogP contribution in [0.1, 0.15) is 62.7 Å². The normalized spacial score (nSPS) is 10.1. The van der Waals surface area contributed by atoms with E-state index in [-0.39, 0.29) is 11.5 Å². The van der Waals surface area contributed by atoms with Crippen LogP contribution >= 0.6 is 0 Å². The van der Waals surface area contributed by atoms with E-state index in [1.165, 1.54) is 39.0 Å². The number of hydrogen-bond acceptors (Lipinski definition) is 3. The summed E-state index contributed by atoms with van der Waals surface area (Å²) in [5.74, 6) is 0.513. The predicted molar refractivity (Wildman–Crippen MR) is 80.1 cm³/mol. The van der Waals surface area contributed by atoms with E-state index in [0.29, 0.717) is 17.9 Å². The molecule has 0 atom stereocenters. The number of Topliss-reactive ketones (excluding diaryl/α,β-unsaturated/α-hetero) is 1. The summed E-state index contributed by atoms with van der Waals surface area (Å²) in [7, 11) is 0. The molecule has 0 fully saturated rings. The third-order valence-corrected chi connectivity index (χ3v) is 3.22. The number of hydrogen-bond donors (Lipinski definition) is 0. The SMILES string of the molecule is CCCCCCCCOc1ccc([N+]#N)c(C(C)=O)c1. The van der Waals surface area contributed by atoms with Crippen LogP contribution in [0, 0.1) is 5.39 Å². The molecule has 0 aliphatic heterocycles. The van der Waals surface area contributed by atoms with Crippen molar-refractivity contribution in [2.75, 3.05) is 6.61 Å². The van der Waals surface area contributed by atoms with E-state index in [1.54, 1.807) is 18.2 Å². The second-order valence-electron chi connectivity index (χ2n) is 4.95. The third-order valence-electron chi connectivity index (χ3n) is 3.22. The van der Waals surface area contributed by atoms with E-state index in [4.69, 9.17) is 10.1 Å². The van der Waals surface area contributed by atoms with Crippen molar-refractivity contribution >= 4 is 11.5 Å². The first-order chi connectivity index (χ1) is 9.69. The summed E-state index contributed by atoms with van der Waals surface area (Å²) in [6.45, 7) is 4.30. The predicted octanol–water partition coefficient (Wildman–Crippen LogP) is 5.11. The average Bonchev–Trinajstić information content (AvgIpc) is 2.46. The van der Waals surface area contributed by atoms with Crippen molar-refractivity contribution < 1.29 is 9.53 Å². The molecule has 0 radical (unpaired) electrons. The lowest BCUT2D eigenvalue weighted by molar-refractivity contribution is 0.101. The van der Waals surface area contributed by atoms with Crippen molar-refractivity contribution in [1.82, 2.24) is 0 Å². The van der Waals surface area contributed by atoms with Gasteiger partial charge in [0.2, 0.25) is 5.39 Å². The Morgan fingerprint density at radius 1 is 1.20 bits per heavy atom. The monoisotopic (exact) mass is 275 g/mol. The van der Waals surface area contributed by atoms with Gasteiger partial charge in [-0.15, -0.1) is 0 Å². The molecule has 0 aliphatic carbocycles. The molecule has 1 aromatic carbocycles. The summed E-state index contributed by atoms with van der Waals surface area (Å²) in [5.41, 5.74) is 0.664. The van der Waals surface area contributed by atoms with Crippen LogP contribution in [0.4, 0.5) is 5.69 Å². The van der Waals surface area contributed by atoms with Crippen LogP contribution in [0.5, 0.6) is 5.75 Å². The first-order valence-electron chi connectivity index (χ1n) is 7.32. The molecule has 1 aromatic rings. The summed E-state index contributed by atoms with van der Waals surface area (Å²) < 4.78 is 5.63. The van der Waals surface area contributed by atoms with Crippen LogP contribution in [0.3, 0.4) is 0 Å². The van der Waals surface area contributed by atoms with Crippen LogP contribution < -0.4 is 4.74 Å². The third kappa shape index (κ3) is 5.40. The Kier molecular flexibility index (Phi) is 7.34. The van der Waals surface area contributed by atoms with Crippen LogP contribution in [0.25, 0.3) is 4.98 Å². The van der Waals surface area contributed by atoms with Gasteiger partial charge in [-0.1, -0.05) is 39.0 Å². The molecule has 0 aliphatic rings. The van der Waals surface area contributed by atoms with E-state index in [1.807, 2.05) is 0 Å². The number of carbonyl (C=O) groups excluding carboxylic acids is 1. The Labute approximate surface area is 120 Å². The molecule has 0 heterocycles. The van der Waals surface area contributed by atoms with Crippen molar-refractivity contribution in [3.05, 3.63) is 28.7 Å². The fourth-order valence-corrected chi connectivity index (χ4v) is 2.05. The lowest BCUT2D eigenvalue weighted by Crippen LogP contribution is -1.99. The first-order valence-corrected chi connectivity index (χ1v) is 7.32. The maximum absolute atomic E-state index is 11.4. The highest BCUT2D eigenvalue weighted by Gasteiger charge is 2.18. The number of carbonyl (C=O) groups is 1. The minimum Gasteiger partial charge on any atom is -0.494 e. The highest BCUT2D eigenvalue weighted by molar-refractivity contribution is 6.00. The Morgan fingerprint density at radius 3 is 2.55 bits per heavy atom. The van der Waals surface area contributed by atoms with Gasteiger partial charge >= 0.3 is 5.69 Å². The van der Waals surface area contributed by atoms with E-state index in [9.17, 15) is 4.79 Å². The number of nitrogens with zero attached hydrogens (tertiary/aromatic N) is 2. The van der Waals surface area contributed by atoms with Gasteiger partial charge in [-0.3, -0.25) is 4.79 Å². The minimum atomic E-state index is -0.136. The van der Waals surface area contributed by atoms with Gasteiger partial charge < -0.3 is 4.74 Å². The first kappa shape index (κ1) is 16.2. The Balaban J connectivity index is 2.39. The van der Waals surface area contributed by atoms with E-state index in [0.717, 1.165) is 6.42 Å². The second kappa shape index (κ2) is 9.08. The Bertz CT molecular complexity index is 478. The molecule has 1 rings (SSSR count). The van der Waals surface area contributed by atoms with Crippen molar-refractivity contribution in [2.24, 2.45) is 0 Å². The van der Waals surface area contributed by atoms with Gasteiger partial charge in [-0.2, -0.15) is 0 Å². The second-order valence-corrected chi connectivity index (χ2v) is 4.95. The van der Waals surface area contributed by atoms with Crippen molar-refractivity contribution in [3.63, 3.8) is 0 Å². The number of unbranched alkanes of at least 4 members (excludes halogenated alkanes) is 5. The van der Waals surface area contributed by atoms with Crippen LogP contribution in [-0.4, -0.2) is 12.4 Å². The maximum Gasteiger partial charge on any atom is 0.396 e. The van der Waals surface area contributed by atoms with Gasteiger partial charge in [0.05, 0.1) is 6.61 Å². The molecule has 0 bridgehead atoms. The van der Waals surface area contributed by atoms with Gasteiger partial charge in [0.15, 0.2) is 10.8 Å². The largest absolute Gasteiger partial charge is 0.494 e. The van der Waals surface area contributed by atoms with E-state index in [2.05, 4.69) is 11.9 Å². The molecule has 0 spiro atoms. The lowest BCUT2D eigenvalue weighted by atomic mass is 10.1. The zero-order chi connectivity index (χ0) is 14.8. The van der Waals surface area contributed by atoms with Crippen molar-refractivity contribution in [2.45, 2.75) is 52.4 Å². The zero-order valence-electron chi connectivity index (χ0n) is 12.4. The number of rotatable bonds is 9. The van der Waals surface area contributed by atoms with Crippen LogP contribution in [0.2, 0.25) is 0 Å². The van der Waals surface area contributed by atoms with Crippen LogP contribution in [0.15, 0.2) is 18.2 Å². The Morgan fingerprint density at radius 2 is 1.90 bits per heavy atom. The minimum absolute atomic E-state index is 0.136. The van der Waals surface area contributed by atoms with E-state index < -0.39 is 0 Å². The molecule has 0 N–H and O–H groups in total. The summed E-state index contributed by atoms with van der Waals surface area (Å²) >= 11 is 0. The molecular weight excluding hydrogens is 252 g/mol. The fraction of sp³-hybridized carbons (Fsp3) is 0.562. The summed E-state index contributed by atoms with van der Waals surface area (Å²) in [4.78, 5) is 14.5. The van der Waals surface area contributed by atoms with Gasteiger partial charge in [0.1, 0.15) is 11.3 Å². The summed E-state index contributed by atoms with van der Waals surface area (Å²) in [6.07, 6.45) is 7.28. The quantitative estimate of drug-likeness (QED) is 0.357. The van der Waals surface area contributed by atoms with E-state index >= 15 is 0 Å². The standard InChI is InChI=1S/C16H23N2O2/c1-3-4-5-6-7-8-11-20-14-9-10-16(18-17)15(12-14)13(2)19/h9-10,12H,3-8,11H2,1-2H3/q+1. The lowest BCUT2D eigenvalue weighted by Gasteiger charge is -2.06. The average molecular weight is 275 g/mol. The summed E-state index contributed by atoms with van der Waals surface area (Å²) in [6, 6.07) is 4.94. The zero-order valence-corrected chi connectivity index (χ0v) is 12.4. The molecule has 20 heavy (non-hydrogen) atoms. The molecule has 0 aromatic heterocycles. The van der Waals surface area contributed by atoms with Gasteiger partial charge in [-0.05, 0) is 25.5 Å². The fourth-order valence-electron chi connectivity index (χ4n) is 2.05. The number of diazo groups is 1. The van der Waals surface area contributed by atoms with Crippen LogP contribution in [-0.2, 0) is 0 Å².